The van der Waals surface area contributed by atoms with Gasteiger partial charge in [0.05, 0.1) is 17.7 Å². The van der Waals surface area contributed by atoms with E-state index in [1.807, 2.05) is 6.92 Å². The lowest BCUT2D eigenvalue weighted by atomic mass is 9.97. The van der Waals surface area contributed by atoms with Gasteiger partial charge in [-0.15, -0.1) is 0 Å². The molecule has 0 saturated carbocycles. The fraction of sp³-hybridized carbons (Fsp3) is 0.545. The van der Waals surface area contributed by atoms with Crippen LogP contribution in [0.15, 0.2) is 36.4 Å². The van der Waals surface area contributed by atoms with Gasteiger partial charge >= 0.3 is 11.9 Å². The zero-order chi connectivity index (χ0) is 21.6. The highest BCUT2D eigenvalue weighted by molar-refractivity contribution is 5.89. The molecule has 160 valence electrons. The molecule has 0 aromatic heterocycles. The number of hydrogen-bond acceptors (Lipinski definition) is 3. The SMILES string of the molecule is CCCC[C@H](C)[C@H](O)/C=C/[C@H]1CC(F)(F)C(=O)N1CCc1ccccc1C(=O)O. The van der Waals surface area contributed by atoms with Crippen LogP contribution in [0.1, 0.15) is 55.5 Å². The monoisotopic (exact) mass is 409 g/mol. The Labute approximate surface area is 170 Å². The van der Waals surface area contributed by atoms with Gasteiger partial charge in [0.2, 0.25) is 0 Å². The van der Waals surface area contributed by atoms with Crippen LogP contribution in [0, 0.1) is 5.92 Å². The normalized spacial score (nSPS) is 20.9. The van der Waals surface area contributed by atoms with E-state index in [-0.39, 0.29) is 24.4 Å². The molecule has 1 aliphatic heterocycles. The quantitative estimate of drug-likeness (QED) is 0.575. The van der Waals surface area contributed by atoms with Crippen molar-refractivity contribution in [3.63, 3.8) is 0 Å². The molecule has 3 atom stereocenters. The number of nitrogens with zero attached hydrogens (tertiary/aromatic N) is 1. The molecule has 5 nitrogen and oxygen atoms in total. The van der Waals surface area contributed by atoms with Gasteiger partial charge in [0.15, 0.2) is 0 Å². The largest absolute Gasteiger partial charge is 0.478 e. The average molecular weight is 409 g/mol. The van der Waals surface area contributed by atoms with Crippen LogP contribution < -0.4 is 0 Å². The smallest absolute Gasteiger partial charge is 0.335 e. The number of carboxylic acid groups (broad SMARTS) is 1. The van der Waals surface area contributed by atoms with Crippen LogP contribution in [0.2, 0.25) is 0 Å². The molecule has 1 aliphatic rings. The van der Waals surface area contributed by atoms with Gasteiger partial charge in [-0.1, -0.05) is 57.0 Å². The Kier molecular flexibility index (Phi) is 7.90. The molecule has 7 heteroatoms. The number of aliphatic hydroxyl groups is 1. The summed E-state index contributed by atoms with van der Waals surface area (Å²) < 4.78 is 28.1. The standard InChI is InChI=1S/C22H29F2NO4/c1-3-4-7-15(2)19(26)11-10-17-14-22(23,24)21(29)25(17)13-12-16-8-5-6-9-18(16)20(27)28/h5-6,8-11,15,17,19,26H,3-4,7,12-14H2,1-2H3,(H,27,28)/b11-10+/t15-,17-,19+/m0/s1. The summed E-state index contributed by atoms with van der Waals surface area (Å²) in [5.74, 6) is -5.81. The maximum atomic E-state index is 14.0. The van der Waals surface area contributed by atoms with Gasteiger partial charge in [-0.05, 0) is 30.4 Å². The van der Waals surface area contributed by atoms with Crippen molar-refractivity contribution in [2.75, 3.05) is 6.54 Å². The van der Waals surface area contributed by atoms with E-state index < -0.39 is 36.4 Å². The van der Waals surface area contributed by atoms with E-state index in [2.05, 4.69) is 6.92 Å². The summed E-state index contributed by atoms with van der Waals surface area (Å²) >= 11 is 0. The third kappa shape index (κ3) is 5.85. The average Bonchev–Trinajstić information content (AvgIpc) is 2.91. The van der Waals surface area contributed by atoms with E-state index in [0.29, 0.717) is 5.56 Å². The fourth-order valence-corrected chi connectivity index (χ4v) is 3.58. The maximum absolute atomic E-state index is 14.0. The first-order valence-electron chi connectivity index (χ1n) is 10.0. The predicted octanol–water partition coefficient (Wildman–Crippen LogP) is 3.91. The number of amides is 1. The van der Waals surface area contributed by atoms with Crippen LogP contribution in [-0.4, -0.2) is 51.6 Å². The summed E-state index contributed by atoms with van der Waals surface area (Å²) in [4.78, 5) is 24.6. The molecule has 1 saturated heterocycles. The molecular weight excluding hydrogens is 380 g/mol. The number of aromatic carboxylic acids is 1. The molecule has 0 unspecified atom stereocenters. The predicted molar refractivity (Wildman–Crippen MR) is 106 cm³/mol. The molecule has 0 spiro atoms. The Morgan fingerprint density at radius 3 is 2.72 bits per heavy atom. The topological polar surface area (TPSA) is 77.8 Å². The first kappa shape index (κ1) is 23.0. The van der Waals surface area contributed by atoms with Gasteiger partial charge < -0.3 is 15.1 Å². The number of halogens is 2. The Bertz CT molecular complexity index is 750. The minimum Gasteiger partial charge on any atom is -0.478 e. The molecular formula is C22H29F2NO4. The van der Waals surface area contributed by atoms with Gasteiger partial charge in [0, 0.05) is 13.0 Å². The Morgan fingerprint density at radius 1 is 1.38 bits per heavy atom. The van der Waals surface area contributed by atoms with Crippen molar-refractivity contribution in [2.24, 2.45) is 5.92 Å². The van der Waals surface area contributed by atoms with Crippen LogP contribution in [0.3, 0.4) is 0 Å². The number of alkyl halides is 2. The van der Waals surface area contributed by atoms with Crippen molar-refractivity contribution in [1.29, 1.82) is 0 Å². The number of likely N-dealkylation sites (tertiary alicyclic amines) is 1. The van der Waals surface area contributed by atoms with E-state index in [0.717, 1.165) is 24.2 Å². The number of unbranched alkanes of at least 4 members (excludes halogenated alkanes) is 1. The summed E-state index contributed by atoms with van der Waals surface area (Å²) in [6.07, 6.45) is 4.55. The molecule has 0 radical (unpaired) electrons. The molecule has 1 amide bonds. The second-order valence-electron chi connectivity index (χ2n) is 7.68. The van der Waals surface area contributed by atoms with Crippen molar-refractivity contribution in [1.82, 2.24) is 4.90 Å². The lowest BCUT2D eigenvalue weighted by molar-refractivity contribution is -0.148. The molecule has 2 rings (SSSR count). The van der Waals surface area contributed by atoms with Crippen LogP contribution in [0.4, 0.5) is 8.78 Å². The Hall–Kier alpha value is -2.28. The third-order valence-electron chi connectivity index (χ3n) is 5.44. The van der Waals surface area contributed by atoms with Crippen LogP contribution in [0.5, 0.6) is 0 Å². The molecule has 29 heavy (non-hydrogen) atoms. The van der Waals surface area contributed by atoms with Crippen LogP contribution in [-0.2, 0) is 11.2 Å². The molecule has 0 aliphatic carbocycles. The molecule has 0 bridgehead atoms. The summed E-state index contributed by atoms with van der Waals surface area (Å²) in [6.45, 7) is 3.94. The maximum Gasteiger partial charge on any atom is 0.335 e. The minimum atomic E-state index is -3.46. The number of aliphatic hydroxyl groups excluding tert-OH is 1. The Morgan fingerprint density at radius 2 is 2.07 bits per heavy atom. The lowest BCUT2D eigenvalue weighted by Gasteiger charge is -2.23. The van der Waals surface area contributed by atoms with E-state index >= 15 is 0 Å². The van der Waals surface area contributed by atoms with Gasteiger partial charge in [-0.3, -0.25) is 4.79 Å². The fourth-order valence-electron chi connectivity index (χ4n) is 3.58. The van der Waals surface area contributed by atoms with Crippen molar-refractivity contribution < 1.29 is 28.6 Å². The van der Waals surface area contributed by atoms with Gasteiger partial charge in [-0.2, -0.15) is 8.78 Å². The van der Waals surface area contributed by atoms with Gasteiger partial charge in [-0.25, -0.2) is 4.79 Å². The van der Waals surface area contributed by atoms with Crippen LogP contribution >= 0.6 is 0 Å². The first-order valence-corrected chi connectivity index (χ1v) is 10.0. The van der Waals surface area contributed by atoms with Gasteiger partial charge in [0.1, 0.15) is 0 Å². The lowest BCUT2D eigenvalue weighted by Crippen LogP contribution is -2.37. The van der Waals surface area contributed by atoms with Crippen molar-refractivity contribution in [3.8, 4) is 0 Å². The molecule has 1 aromatic rings. The summed E-state index contributed by atoms with van der Waals surface area (Å²) in [7, 11) is 0. The molecule has 2 N–H and O–H groups in total. The Balaban J connectivity index is 2.10. The summed E-state index contributed by atoms with van der Waals surface area (Å²) in [5.41, 5.74) is 0.581. The number of carboxylic acids is 1. The highest BCUT2D eigenvalue weighted by atomic mass is 19.3. The number of carbonyl (C=O) groups excluding carboxylic acids is 1. The molecule has 1 fully saturated rings. The van der Waals surface area contributed by atoms with Crippen molar-refractivity contribution in [2.45, 2.75) is 64.0 Å². The summed E-state index contributed by atoms with van der Waals surface area (Å²) in [6, 6.07) is 5.50. The number of hydrogen-bond donors (Lipinski definition) is 2. The number of rotatable bonds is 10. The zero-order valence-electron chi connectivity index (χ0n) is 16.9. The first-order chi connectivity index (χ1) is 13.7. The van der Waals surface area contributed by atoms with Gasteiger partial charge in [0.25, 0.3) is 5.91 Å². The minimum absolute atomic E-state index is 0.000270. The van der Waals surface area contributed by atoms with Crippen molar-refractivity contribution >= 4 is 11.9 Å². The van der Waals surface area contributed by atoms with Crippen molar-refractivity contribution in [3.05, 3.63) is 47.5 Å². The second-order valence-corrected chi connectivity index (χ2v) is 7.68. The highest BCUT2D eigenvalue weighted by Crippen LogP contribution is 2.34. The van der Waals surface area contributed by atoms with E-state index in [4.69, 9.17) is 0 Å². The van der Waals surface area contributed by atoms with E-state index in [9.17, 15) is 28.6 Å². The second kappa shape index (κ2) is 9.96. The summed E-state index contributed by atoms with van der Waals surface area (Å²) in [5, 5.41) is 19.5. The zero-order valence-corrected chi connectivity index (χ0v) is 16.9. The van der Waals surface area contributed by atoms with E-state index in [1.54, 1.807) is 18.2 Å². The van der Waals surface area contributed by atoms with E-state index in [1.165, 1.54) is 18.2 Å². The third-order valence-corrected chi connectivity index (χ3v) is 5.44. The molecule has 1 heterocycles. The van der Waals surface area contributed by atoms with Crippen LogP contribution in [0.25, 0.3) is 0 Å². The molecule has 1 aromatic carbocycles. The highest BCUT2D eigenvalue weighted by Gasteiger charge is 2.52. The number of carbonyl (C=O) groups is 2. The number of benzene rings is 1.